The Morgan fingerprint density at radius 2 is 2.22 bits per heavy atom. The highest BCUT2D eigenvalue weighted by Crippen LogP contribution is 2.33. The van der Waals surface area contributed by atoms with Crippen LogP contribution in [0, 0.1) is 5.92 Å². The monoisotopic (exact) mass is 262 g/mol. The lowest BCUT2D eigenvalue weighted by atomic mass is 10.1. The van der Waals surface area contributed by atoms with Gasteiger partial charge in [0.1, 0.15) is 5.82 Å². The molecular weight excluding hydrogens is 249 g/mol. The molecule has 0 saturated carbocycles. The van der Waals surface area contributed by atoms with E-state index in [0.29, 0.717) is 0 Å². The fraction of sp³-hybridized carbons (Fsp3) is 0.455. The van der Waals surface area contributed by atoms with Crippen LogP contribution < -0.4 is 5.32 Å². The van der Waals surface area contributed by atoms with Gasteiger partial charge in [0.25, 0.3) is 0 Å². The van der Waals surface area contributed by atoms with E-state index in [1.807, 2.05) is 0 Å². The Hall–Kier alpha value is -1.79. The van der Waals surface area contributed by atoms with Gasteiger partial charge in [0.05, 0.1) is 5.56 Å². The minimum absolute atomic E-state index is 0.110. The number of hydrogen-bond acceptors (Lipinski definition) is 3. The quantitative estimate of drug-likeness (QED) is 0.856. The Balaban J connectivity index is 2.71. The number of rotatable bonds is 5. The maximum absolute atomic E-state index is 12.6. The van der Waals surface area contributed by atoms with E-state index in [1.165, 1.54) is 12.3 Å². The fourth-order valence-electron chi connectivity index (χ4n) is 1.42. The van der Waals surface area contributed by atoms with Crippen molar-refractivity contribution in [1.29, 1.82) is 0 Å². The lowest BCUT2D eigenvalue weighted by Gasteiger charge is -2.15. The van der Waals surface area contributed by atoms with Gasteiger partial charge < -0.3 is 10.4 Å². The lowest BCUT2D eigenvalue weighted by molar-refractivity contribution is -0.138. The normalized spacial score (nSPS) is 13.1. The molecule has 0 spiro atoms. The highest BCUT2D eigenvalue weighted by molar-refractivity contribution is 5.67. The minimum atomic E-state index is -4.48. The summed E-state index contributed by atoms with van der Waals surface area (Å²) >= 11 is 0. The smallest absolute Gasteiger partial charge is 0.419 e. The molecule has 4 nitrogen and oxygen atoms in total. The van der Waals surface area contributed by atoms with Gasteiger partial charge in [-0.15, -0.1) is 0 Å². The molecule has 0 radical (unpaired) electrons. The van der Waals surface area contributed by atoms with Crippen LogP contribution >= 0.6 is 0 Å². The molecule has 1 atom stereocenters. The third kappa shape index (κ3) is 4.23. The van der Waals surface area contributed by atoms with Crippen LogP contribution in [-0.2, 0) is 11.0 Å². The maximum atomic E-state index is 12.6. The number of halogens is 3. The van der Waals surface area contributed by atoms with Crippen molar-refractivity contribution in [3.05, 3.63) is 23.9 Å². The molecule has 18 heavy (non-hydrogen) atoms. The number of anilines is 1. The van der Waals surface area contributed by atoms with E-state index in [1.54, 1.807) is 6.92 Å². The van der Waals surface area contributed by atoms with Gasteiger partial charge in [-0.1, -0.05) is 6.92 Å². The molecule has 100 valence electrons. The van der Waals surface area contributed by atoms with Crippen LogP contribution in [0.4, 0.5) is 19.0 Å². The molecular formula is C11H13F3N2O2. The molecule has 0 fully saturated rings. The van der Waals surface area contributed by atoms with Gasteiger partial charge in [0.2, 0.25) is 0 Å². The van der Waals surface area contributed by atoms with Crippen molar-refractivity contribution in [2.75, 3.05) is 11.9 Å². The summed E-state index contributed by atoms with van der Waals surface area (Å²) in [5, 5.41) is 11.1. The number of alkyl halides is 3. The summed E-state index contributed by atoms with van der Waals surface area (Å²) in [6.07, 6.45) is -3.34. The molecule has 1 heterocycles. The molecule has 0 bridgehead atoms. The van der Waals surface area contributed by atoms with Crippen molar-refractivity contribution in [2.24, 2.45) is 5.92 Å². The van der Waals surface area contributed by atoms with Gasteiger partial charge in [-0.25, -0.2) is 4.98 Å². The third-order valence-electron chi connectivity index (χ3n) is 2.25. The van der Waals surface area contributed by atoms with Crippen molar-refractivity contribution >= 4 is 11.8 Å². The van der Waals surface area contributed by atoms with Crippen LogP contribution in [0.1, 0.15) is 18.9 Å². The van der Waals surface area contributed by atoms with Gasteiger partial charge in [-0.05, 0) is 18.1 Å². The summed E-state index contributed by atoms with van der Waals surface area (Å²) in [7, 11) is 0. The number of carbonyl (C=O) groups is 1. The van der Waals surface area contributed by atoms with Crippen molar-refractivity contribution in [3.8, 4) is 0 Å². The van der Waals surface area contributed by atoms with Crippen molar-refractivity contribution in [3.63, 3.8) is 0 Å². The Morgan fingerprint density at radius 3 is 2.78 bits per heavy atom. The second kappa shape index (κ2) is 5.70. The second-order valence-electron chi connectivity index (χ2n) is 3.98. The topological polar surface area (TPSA) is 62.2 Å². The molecule has 1 unspecified atom stereocenters. The lowest BCUT2D eigenvalue weighted by Crippen LogP contribution is -2.18. The Morgan fingerprint density at radius 1 is 1.56 bits per heavy atom. The van der Waals surface area contributed by atoms with Crippen molar-refractivity contribution < 1.29 is 23.1 Å². The summed E-state index contributed by atoms with van der Waals surface area (Å²) in [5.74, 6) is -1.55. The SMILES string of the molecule is CC(CNc1ncccc1C(F)(F)F)CC(=O)O. The predicted octanol–water partition coefficient (Wildman–Crippen LogP) is 2.62. The average molecular weight is 262 g/mol. The number of hydrogen-bond donors (Lipinski definition) is 2. The zero-order valence-electron chi connectivity index (χ0n) is 9.66. The van der Waals surface area contributed by atoms with Gasteiger partial charge in [0.15, 0.2) is 0 Å². The molecule has 0 saturated heterocycles. The van der Waals surface area contributed by atoms with E-state index in [-0.39, 0.29) is 24.7 Å². The van der Waals surface area contributed by atoms with Crippen LogP contribution in [0.3, 0.4) is 0 Å². The van der Waals surface area contributed by atoms with Gasteiger partial charge in [-0.2, -0.15) is 13.2 Å². The zero-order chi connectivity index (χ0) is 13.8. The van der Waals surface area contributed by atoms with E-state index in [9.17, 15) is 18.0 Å². The summed E-state index contributed by atoms with van der Waals surface area (Å²) in [6.45, 7) is 1.75. The standard InChI is InChI=1S/C11H13F3N2O2/c1-7(5-9(17)18)6-16-10-8(11(12,13)14)3-2-4-15-10/h2-4,7H,5-6H2,1H3,(H,15,16)(H,17,18). The van der Waals surface area contributed by atoms with E-state index in [2.05, 4.69) is 10.3 Å². The molecule has 0 aliphatic rings. The van der Waals surface area contributed by atoms with Gasteiger partial charge in [-0.3, -0.25) is 4.79 Å². The summed E-state index contributed by atoms with van der Waals surface area (Å²) in [6, 6.07) is 2.13. The number of carboxylic acids is 1. The molecule has 0 amide bonds. The summed E-state index contributed by atoms with van der Waals surface area (Å²) in [5.41, 5.74) is -0.854. The van der Waals surface area contributed by atoms with Gasteiger partial charge in [0, 0.05) is 19.2 Å². The first kappa shape index (κ1) is 14.3. The van der Waals surface area contributed by atoms with E-state index < -0.39 is 17.7 Å². The zero-order valence-corrected chi connectivity index (χ0v) is 9.66. The molecule has 2 N–H and O–H groups in total. The second-order valence-corrected chi connectivity index (χ2v) is 3.98. The fourth-order valence-corrected chi connectivity index (χ4v) is 1.42. The summed E-state index contributed by atoms with van der Waals surface area (Å²) in [4.78, 5) is 14.0. The first-order valence-electron chi connectivity index (χ1n) is 5.28. The number of pyridine rings is 1. The number of nitrogens with zero attached hydrogens (tertiary/aromatic N) is 1. The van der Waals surface area contributed by atoms with Crippen LogP contribution in [0.5, 0.6) is 0 Å². The van der Waals surface area contributed by atoms with Crippen LogP contribution in [0.25, 0.3) is 0 Å². The first-order chi connectivity index (χ1) is 8.30. The van der Waals surface area contributed by atoms with Crippen LogP contribution in [0.15, 0.2) is 18.3 Å². The molecule has 1 rings (SSSR count). The molecule has 0 aliphatic carbocycles. The van der Waals surface area contributed by atoms with Gasteiger partial charge >= 0.3 is 12.1 Å². The highest BCUT2D eigenvalue weighted by Gasteiger charge is 2.34. The van der Waals surface area contributed by atoms with Crippen molar-refractivity contribution in [1.82, 2.24) is 4.98 Å². The average Bonchev–Trinajstić information content (AvgIpc) is 2.24. The Bertz CT molecular complexity index is 421. The number of aliphatic carboxylic acids is 1. The molecule has 1 aromatic rings. The van der Waals surface area contributed by atoms with E-state index in [0.717, 1.165) is 6.07 Å². The van der Waals surface area contributed by atoms with Crippen molar-refractivity contribution in [2.45, 2.75) is 19.5 Å². The van der Waals surface area contributed by atoms with E-state index in [4.69, 9.17) is 5.11 Å². The Kier molecular flexibility index (Phi) is 4.52. The predicted molar refractivity (Wildman–Crippen MR) is 59.1 cm³/mol. The molecule has 1 aromatic heterocycles. The Labute approximate surface area is 102 Å². The minimum Gasteiger partial charge on any atom is -0.481 e. The summed E-state index contributed by atoms with van der Waals surface area (Å²) < 4.78 is 37.8. The molecule has 0 aliphatic heterocycles. The number of carboxylic acid groups (broad SMARTS) is 1. The highest BCUT2D eigenvalue weighted by atomic mass is 19.4. The number of aromatic nitrogens is 1. The van der Waals surface area contributed by atoms with E-state index >= 15 is 0 Å². The first-order valence-corrected chi connectivity index (χ1v) is 5.28. The maximum Gasteiger partial charge on any atom is 0.419 e. The van der Waals surface area contributed by atoms with Crippen LogP contribution in [-0.4, -0.2) is 22.6 Å². The molecule has 0 aromatic carbocycles. The largest absolute Gasteiger partial charge is 0.481 e. The van der Waals surface area contributed by atoms with Crippen LogP contribution in [0.2, 0.25) is 0 Å². The molecule has 7 heteroatoms. The number of nitrogens with one attached hydrogen (secondary N) is 1. The third-order valence-corrected chi connectivity index (χ3v) is 2.25.